The third-order valence-corrected chi connectivity index (χ3v) is 4.00. The maximum absolute atomic E-state index is 13.6. The largest absolute Gasteiger partial charge is 0.383 e. The zero-order valence-corrected chi connectivity index (χ0v) is 13.2. The average Bonchev–Trinajstić information content (AvgIpc) is 3.30. The van der Waals surface area contributed by atoms with Crippen LogP contribution in [-0.2, 0) is 11.3 Å². The Morgan fingerprint density at radius 2 is 2.29 bits per heavy atom. The van der Waals surface area contributed by atoms with Crippen molar-refractivity contribution < 1.29 is 9.13 Å². The number of aromatic nitrogens is 1. The average molecular weight is 295 g/mol. The normalized spacial score (nSPS) is 16.0. The quantitative estimate of drug-likeness (QED) is 0.760. The van der Waals surface area contributed by atoms with Gasteiger partial charge < -0.3 is 15.0 Å². The Kier molecular flexibility index (Phi) is 5.94. The van der Waals surface area contributed by atoms with Crippen LogP contribution >= 0.6 is 0 Å². The van der Waals surface area contributed by atoms with Gasteiger partial charge in [0.1, 0.15) is 11.6 Å². The molecule has 1 atom stereocenters. The van der Waals surface area contributed by atoms with E-state index in [0.717, 1.165) is 24.3 Å². The van der Waals surface area contributed by atoms with Crippen LogP contribution in [-0.4, -0.2) is 37.3 Å². The number of hydrogen-bond donors (Lipinski definition) is 1. The van der Waals surface area contributed by atoms with Gasteiger partial charge in [-0.2, -0.15) is 0 Å². The minimum Gasteiger partial charge on any atom is -0.383 e. The van der Waals surface area contributed by atoms with Crippen LogP contribution in [0, 0.1) is 5.82 Å². The number of nitrogens with one attached hydrogen (secondary N) is 1. The number of pyridine rings is 1. The number of methoxy groups -OCH3 is 1. The van der Waals surface area contributed by atoms with Gasteiger partial charge in [-0.25, -0.2) is 9.37 Å². The second-order valence-corrected chi connectivity index (χ2v) is 5.73. The van der Waals surface area contributed by atoms with E-state index in [4.69, 9.17) is 4.74 Å². The number of anilines is 1. The molecule has 0 bridgehead atoms. The highest BCUT2D eigenvalue weighted by Gasteiger charge is 2.23. The molecule has 5 heteroatoms. The molecule has 2 rings (SSSR count). The van der Waals surface area contributed by atoms with Crippen molar-refractivity contribution in [1.29, 1.82) is 0 Å². The molecule has 1 unspecified atom stereocenters. The predicted octanol–water partition coefficient (Wildman–Crippen LogP) is 2.72. The van der Waals surface area contributed by atoms with Crippen molar-refractivity contribution in [2.45, 2.75) is 51.7 Å². The van der Waals surface area contributed by atoms with Gasteiger partial charge in [0.05, 0.1) is 12.8 Å². The summed E-state index contributed by atoms with van der Waals surface area (Å²) in [6, 6.07) is 2.54. The Hall–Kier alpha value is -1.20. The van der Waals surface area contributed by atoms with Crippen LogP contribution in [0.4, 0.5) is 10.2 Å². The summed E-state index contributed by atoms with van der Waals surface area (Å²) in [5, 5.41) is 3.44. The molecular weight excluding hydrogens is 269 g/mol. The van der Waals surface area contributed by atoms with Crippen LogP contribution in [0.15, 0.2) is 12.3 Å². The van der Waals surface area contributed by atoms with Gasteiger partial charge in [0.2, 0.25) is 0 Å². The van der Waals surface area contributed by atoms with Crippen molar-refractivity contribution in [1.82, 2.24) is 10.3 Å². The maximum Gasteiger partial charge on any atom is 0.141 e. The molecule has 21 heavy (non-hydrogen) atoms. The van der Waals surface area contributed by atoms with E-state index in [1.165, 1.54) is 19.0 Å². The first-order chi connectivity index (χ1) is 10.2. The third kappa shape index (κ3) is 4.64. The third-order valence-electron chi connectivity index (χ3n) is 4.00. The van der Waals surface area contributed by atoms with E-state index in [-0.39, 0.29) is 5.82 Å². The lowest BCUT2D eigenvalue weighted by atomic mass is 10.1. The minimum absolute atomic E-state index is 0.276. The fourth-order valence-corrected chi connectivity index (χ4v) is 2.35. The molecule has 1 aliphatic rings. The summed E-state index contributed by atoms with van der Waals surface area (Å²) in [6.07, 6.45) is 4.75. The van der Waals surface area contributed by atoms with Crippen LogP contribution in [0.5, 0.6) is 0 Å². The number of hydrogen-bond acceptors (Lipinski definition) is 4. The lowest BCUT2D eigenvalue weighted by molar-refractivity contribution is 0.203. The van der Waals surface area contributed by atoms with Crippen LogP contribution in [0.3, 0.4) is 0 Å². The van der Waals surface area contributed by atoms with Crippen molar-refractivity contribution in [3.63, 3.8) is 0 Å². The van der Waals surface area contributed by atoms with E-state index in [1.54, 1.807) is 13.2 Å². The SMILES string of the molecule is CCC(C)N(CCOC)c1ncc(F)cc1CNC1CC1. The lowest BCUT2D eigenvalue weighted by Crippen LogP contribution is -2.37. The first-order valence-corrected chi connectivity index (χ1v) is 7.79. The molecule has 0 spiro atoms. The zero-order chi connectivity index (χ0) is 15.2. The highest BCUT2D eigenvalue weighted by Crippen LogP contribution is 2.24. The molecule has 1 aromatic rings. The molecule has 0 amide bonds. The lowest BCUT2D eigenvalue weighted by Gasteiger charge is -2.31. The molecule has 0 aliphatic heterocycles. The highest BCUT2D eigenvalue weighted by molar-refractivity contribution is 5.48. The molecule has 118 valence electrons. The van der Waals surface area contributed by atoms with Gasteiger partial charge in [-0.1, -0.05) is 6.92 Å². The van der Waals surface area contributed by atoms with E-state index in [9.17, 15) is 4.39 Å². The van der Waals surface area contributed by atoms with Gasteiger partial charge in [0, 0.05) is 37.8 Å². The van der Waals surface area contributed by atoms with Crippen molar-refractivity contribution in [2.75, 3.05) is 25.2 Å². The van der Waals surface area contributed by atoms with Gasteiger partial charge in [0.15, 0.2) is 0 Å². The Morgan fingerprint density at radius 1 is 1.52 bits per heavy atom. The maximum atomic E-state index is 13.6. The standard InChI is InChI=1S/C16H26FN3O/c1-4-12(2)20(7-8-21-3)16-13(9-14(17)11-19-16)10-18-15-5-6-15/h9,11-12,15,18H,4-8,10H2,1-3H3. The van der Waals surface area contributed by atoms with Gasteiger partial charge in [-0.3, -0.25) is 0 Å². The van der Waals surface area contributed by atoms with Crippen molar-refractivity contribution in [2.24, 2.45) is 0 Å². The second kappa shape index (κ2) is 7.71. The summed E-state index contributed by atoms with van der Waals surface area (Å²) in [5.74, 6) is 0.595. The smallest absolute Gasteiger partial charge is 0.141 e. The predicted molar refractivity (Wildman–Crippen MR) is 83.0 cm³/mol. The first kappa shape index (κ1) is 16.2. The fraction of sp³-hybridized carbons (Fsp3) is 0.688. The molecule has 1 N–H and O–H groups in total. The Bertz CT molecular complexity index is 451. The Labute approximate surface area is 126 Å². The molecule has 1 aromatic heterocycles. The van der Waals surface area contributed by atoms with E-state index in [1.807, 2.05) is 0 Å². The van der Waals surface area contributed by atoms with Gasteiger partial charge in [-0.15, -0.1) is 0 Å². The molecule has 1 heterocycles. The molecule has 0 saturated heterocycles. The zero-order valence-electron chi connectivity index (χ0n) is 13.2. The van der Waals surface area contributed by atoms with Crippen LogP contribution in [0.2, 0.25) is 0 Å². The van der Waals surface area contributed by atoms with Gasteiger partial charge in [0.25, 0.3) is 0 Å². The fourth-order valence-electron chi connectivity index (χ4n) is 2.35. The molecule has 0 aromatic carbocycles. The summed E-state index contributed by atoms with van der Waals surface area (Å²) in [4.78, 5) is 6.57. The monoisotopic (exact) mass is 295 g/mol. The molecular formula is C16H26FN3O. The Morgan fingerprint density at radius 3 is 2.90 bits per heavy atom. The molecule has 1 aliphatic carbocycles. The molecule has 4 nitrogen and oxygen atoms in total. The number of halogens is 1. The van der Waals surface area contributed by atoms with E-state index < -0.39 is 0 Å². The number of nitrogens with zero attached hydrogens (tertiary/aromatic N) is 2. The second-order valence-electron chi connectivity index (χ2n) is 5.73. The van der Waals surface area contributed by atoms with Gasteiger partial charge in [-0.05, 0) is 32.3 Å². The van der Waals surface area contributed by atoms with Crippen LogP contribution < -0.4 is 10.2 Å². The topological polar surface area (TPSA) is 37.4 Å². The van der Waals surface area contributed by atoms with Gasteiger partial charge >= 0.3 is 0 Å². The van der Waals surface area contributed by atoms with Crippen molar-refractivity contribution in [3.05, 3.63) is 23.6 Å². The summed E-state index contributed by atoms with van der Waals surface area (Å²) in [6.45, 7) is 6.39. The summed E-state index contributed by atoms with van der Waals surface area (Å²) in [7, 11) is 1.70. The number of ether oxygens (including phenoxy) is 1. The highest BCUT2D eigenvalue weighted by atomic mass is 19.1. The van der Waals surface area contributed by atoms with Crippen LogP contribution in [0.25, 0.3) is 0 Å². The van der Waals surface area contributed by atoms with E-state index >= 15 is 0 Å². The van der Waals surface area contributed by atoms with Crippen molar-refractivity contribution >= 4 is 5.82 Å². The molecule has 1 saturated carbocycles. The minimum atomic E-state index is -0.276. The number of rotatable bonds is 9. The van der Waals surface area contributed by atoms with E-state index in [0.29, 0.717) is 25.2 Å². The van der Waals surface area contributed by atoms with E-state index in [2.05, 4.69) is 29.0 Å². The van der Waals surface area contributed by atoms with Crippen molar-refractivity contribution in [3.8, 4) is 0 Å². The first-order valence-electron chi connectivity index (χ1n) is 7.79. The van der Waals surface area contributed by atoms with Crippen LogP contribution in [0.1, 0.15) is 38.7 Å². The summed E-state index contributed by atoms with van der Waals surface area (Å²) < 4.78 is 18.8. The Balaban J connectivity index is 2.19. The summed E-state index contributed by atoms with van der Waals surface area (Å²) in [5.41, 5.74) is 0.929. The molecule has 1 fully saturated rings. The molecule has 0 radical (unpaired) electrons. The summed E-state index contributed by atoms with van der Waals surface area (Å²) >= 11 is 0.